The lowest BCUT2D eigenvalue weighted by Gasteiger charge is -2.33. The Hall–Kier alpha value is -3.56. The molecule has 0 aromatic heterocycles. The second-order valence-corrected chi connectivity index (χ2v) is 11.4. The molecule has 39 heavy (non-hydrogen) atoms. The molecule has 0 unspecified atom stereocenters. The minimum atomic E-state index is -4.17. The highest BCUT2D eigenvalue weighted by Gasteiger charge is 2.34. The molecule has 0 saturated carbocycles. The first-order chi connectivity index (χ1) is 18.5. The molecule has 208 valence electrons. The molecule has 3 rings (SSSR count). The van der Waals surface area contributed by atoms with Crippen LogP contribution in [0.4, 0.5) is 5.69 Å². The van der Waals surface area contributed by atoms with Crippen LogP contribution in [0.25, 0.3) is 0 Å². The lowest BCUT2D eigenvalue weighted by atomic mass is 10.1. The lowest BCUT2D eigenvalue weighted by molar-refractivity contribution is -0.140. The SMILES string of the molecule is CC[C@@H](C(=O)NC)N(Cc1cccc(OC)c1)C(=O)CN(c1cccc(Cl)c1C)S(=O)(=O)c1ccc(C)cc1. The summed E-state index contributed by atoms with van der Waals surface area (Å²) >= 11 is 6.36. The van der Waals surface area contributed by atoms with Crippen LogP contribution in [0.1, 0.15) is 30.0 Å². The number of benzene rings is 3. The van der Waals surface area contributed by atoms with Gasteiger partial charge in [0.25, 0.3) is 10.0 Å². The molecule has 3 aromatic rings. The van der Waals surface area contributed by atoms with Gasteiger partial charge < -0.3 is 15.0 Å². The zero-order valence-corrected chi connectivity index (χ0v) is 24.3. The number of nitrogens with zero attached hydrogens (tertiary/aromatic N) is 2. The maximum atomic E-state index is 14.0. The molecule has 0 spiro atoms. The number of carbonyl (C=O) groups is 2. The van der Waals surface area contributed by atoms with E-state index >= 15 is 0 Å². The van der Waals surface area contributed by atoms with E-state index in [1.54, 1.807) is 69.5 Å². The third-order valence-corrected chi connectivity index (χ3v) is 8.70. The summed E-state index contributed by atoms with van der Waals surface area (Å²) in [6.07, 6.45) is 0.330. The van der Waals surface area contributed by atoms with Crippen molar-refractivity contribution in [2.75, 3.05) is 25.0 Å². The Kier molecular flexibility index (Phi) is 9.99. The summed E-state index contributed by atoms with van der Waals surface area (Å²) in [5.74, 6) is -0.282. The number of sulfonamides is 1. The second-order valence-electron chi connectivity index (χ2n) is 9.12. The quantitative estimate of drug-likeness (QED) is 0.359. The Morgan fingerprint density at radius 1 is 1.03 bits per heavy atom. The molecule has 0 heterocycles. The minimum absolute atomic E-state index is 0.0398. The van der Waals surface area contributed by atoms with Gasteiger partial charge in [0.05, 0.1) is 17.7 Å². The number of likely N-dealkylation sites (N-methyl/N-ethyl adjacent to an activating group) is 1. The topological polar surface area (TPSA) is 96.0 Å². The Labute approximate surface area is 235 Å². The number of aryl methyl sites for hydroxylation is 1. The number of hydrogen-bond acceptors (Lipinski definition) is 5. The van der Waals surface area contributed by atoms with E-state index in [4.69, 9.17) is 16.3 Å². The fraction of sp³-hybridized carbons (Fsp3) is 0.310. The molecule has 8 nitrogen and oxygen atoms in total. The predicted octanol–water partition coefficient (Wildman–Crippen LogP) is 4.71. The van der Waals surface area contributed by atoms with Crippen LogP contribution in [-0.4, -0.2) is 51.9 Å². The van der Waals surface area contributed by atoms with E-state index in [9.17, 15) is 18.0 Å². The van der Waals surface area contributed by atoms with Crippen LogP contribution in [0.3, 0.4) is 0 Å². The fourth-order valence-corrected chi connectivity index (χ4v) is 5.91. The molecule has 0 bridgehead atoms. The molecule has 1 N–H and O–H groups in total. The summed E-state index contributed by atoms with van der Waals surface area (Å²) in [6.45, 7) is 4.91. The predicted molar refractivity (Wildman–Crippen MR) is 154 cm³/mol. The number of carbonyl (C=O) groups excluding carboxylic acids is 2. The van der Waals surface area contributed by atoms with Crippen LogP contribution in [0.2, 0.25) is 5.02 Å². The maximum Gasteiger partial charge on any atom is 0.264 e. The maximum absolute atomic E-state index is 14.0. The highest BCUT2D eigenvalue weighted by Crippen LogP contribution is 2.31. The van der Waals surface area contributed by atoms with Crippen LogP contribution in [0, 0.1) is 13.8 Å². The summed E-state index contributed by atoms with van der Waals surface area (Å²) in [6, 6.07) is 17.7. The van der Waals surface area contributed by atoms with Crippen LogP contribution in [0.15, 0.2) is 71.6 Å². The van der Waals surface area contributed by atoms with Crippen molar-refractivity contribution in [1.29, 1.82) is 0 Å². The van der Waals surface area contributed by atoms with Crippen molar-refractivity contribution in [2.45, 2.75) is 44.7 Å². The first-order valence-corrected chi connectivity index (χ1v) is 14.3. The number of halogens is 1. The highest BCUT2D eigenvalue weighted by atomic mass is 35.5. The van der Waals surface area contributed by atoms with Gasteiger partial charge in [0.2, 0.25) is 11.8 Å². The Balaban J connectivity index is 2.11. The van der Waals surface area contributed by atoms with Crippen molar-refractivity contribution in [3.8, 4) is 5.75 Å². The van der Waals surface area contributed by atoms with Gasteiger partial charge >= 0.3 is 0 Å². The molecule has 10 heteroatoms. The lowest BCUT2D eigenvalue weighted by Crippen LogP contribution is -2.51. The zero-order valence-electron chi connectivity index (χ0n) is 22.8. The van der Waals surface area contributed by atoms with E-state index in [1.165, 1.54) is 24.1 Å². The van der Waals surface area contributed by atoms with Gasteiger partial charge in [0.15, 0.2) is 0 Å². The molecular weight excluding hydrogens is 538 g/mol. The van der Waals surface area contributed by atoms with Gasteiger partial charge in [-0.2, -0.15) is 0 Å². The minimum Gasteiger partial charge on any atom is -0.497 e. The number of ether oxygens (including phenoxy) is 1. The van der Waals surface area contributed by atoms with E-state index in [1.807, 2.05) is 13.0 Å². The number of nitrogens with one attached hydrogen (secondary N) is 1. The van der Waals surface area contributed by atoms with Gasteiger partial charge in [-0.1, -0.05) is 54.4 Å². The summed E-state index contributed by atoms with van der Waals surface area (Å²) in [5.41, 5.74) is 2.43. The van der Waals surface area contributed by atoms with Crippen molar-refractivity contribution in [1.82, 2.24) is 10.2 Å². The summed E-state index contributed by atoms with van der Waals surface area (Å²) < 4.78 is 34.3. The Morgan fingerprint density at radius 2 is 1.69 bits per heavy atom. The van der Waals surface area contributed by atoms with Crippen molar-refractivity contribution in [3.05, 3.63) is 88.4 Å². The van der Waals surface area contributed by atoms with Gasteiger partial charge in [-0.05, 0) is 67.8 Å². The summed E-state index contributed by atoms with van der Waals surface area (Å²) in [5, 5.41) is 2.99. The third kappa shape index (κ3) is 6.91. The standard InChI is InChI=1S/C29H34ClN3O5S/c1-6-26(29(35)31-4)32(18-22-9-7-10-23(17-22)38-5)28(34)19-33(27-12-8-11-25(30)21(27)3)39(36,37)24-15-13-20(2)14-16-24/h7-17,26H,6,18-19H2,1-5H3,(H,31,35)/t26-/m0/s1. The van der Waals surface area contributed by atoms with E-state index in [2.05, 4.69) is 5.32 Å². The van der Waals surface area contributed by atoms with Crippen molar-refractivity contribution in [2.24, 2.45) is 0 Å². The largest absolute Gasteiger partial charge is 0.497 e. The fourth-order valence-electron chi connectivity index (χ4n) is 4.27. The first kappa shape index (κ1) is 30.0. The molecule has 2 amide bonds. The first-order valence-electron chi connectivity index (χ1n) is 12.5. The van der Waals surface area contributed by atoms with E-state index in [-0.39, 0.29) is 23.0 Å². The highest BCUT2D eigenvalue weighted by molar-refractivity contribution is 7.92. The van der Waals surface area contributed by atoms with Crippen LogP contribution >= 0.6 is 11.6 Å². The molecular formula is C29H34ClN3O5S. The number of amides is 2. The average molecular weight is 572 g/mol. The van der Waals surface area contributed by atoms with E-state index in [0.29, 0.717) is 22.8 Å². The normalized spacial score (nSPS) is 11.9. The van der Waals surface area contributed by atoms with Crippen LogP contribution in [0.5, 0.6) is 5.75 Å². The molecule has 0 aliphatic rings. The number of rotatable bonds is 11. The van der Waals surface area contributed by atoms with Crippen molar-refractivity contribution < 1.29 is 22.7 Å². The van der Waals surface area contributed by atoms with E-state index in [0.717, 1.165) is 15.4 Å². The molecule has 0 fully saturated rings. The Bertz CT molecular complexity index is 1430. The van der Waals surface area contributed by atoms with Crippen molar-refractivity contribution in [3.63, 3.8) is 0 Å². The Morgan fingerprint density at radius 3 is 2.31 bits per heavy atom. The molecule has 0 aliphatic heterocycles. The molecule has 0 radical (unpaired) electrons. The van der Waals surface area contributed by atoms with Gasteiger partial charge in [-0.15, -0.1) is 0 Å². The van der Waals surface area contributed by atoms with Gasteiger partial charge in [-0.25, -0.2) is 8.42 Å². The van der Waals surface area contributed by atoms with E-state index < -0.39 is 28.5 Å². The number of anilines is 1. The van der Waals surface area contributed by atoms with Crippen LogP contribution < -0.4 is 14.4 Å². The third-order valence-electron chi connectivity index (χ3n) is 6.52. The summed E-state index contributed by atoms with van der Waals surface area (Å²) in [7, 11) is -1.13. The monoisotopic (exact) mass is 571 g/mol. The van der Waals surface area contributed by atoms with Gasteiger partial charge in [0, 0.05) is 18.6 Å². The number of methoxy groups -OCH3 is 1. The van der Waals surface area contributed by atoms with Gasteiger partial charge in [-0.3, -0.25) is 13.9 Å². The van der Waals surface area contributed by atoms with Crippen molar-refractivity contribution >= 4 is 39.1 Å². The second kappa shape index (κ2) is 13.0. The molecule has 0 saturated heterocycles. The number of hydrogen-bond donors (Lipinski definition) is 1. The molecule has 3 aromatic carbocycles. The molecule has 0 aliphatic carbocycles. The zero-order chi connectivity index (χ0) is 28.7. The smallest absolute Gasteiger partial charge is 0.264 e. The van der Waals surface area contributed by atoms with Crippen LogP contribution in [-0.2, 0) is 26.2 Å². The van der Waals surface area contributed by atoms with Gasteiger partial charge in [0.1, 0.15) is 18.3 Å². The molecule has 1 atom stereocenters. The summed E-state index contributed by atoms with van der Waals surface area (Å²) in [4.78, 5) is 28.3. The average Bonchev–Trinajstić information content (AvgIpc) is 2.93.